The van der Waals surface area contributed by atoms with Crippen LogP contribution in [0.1, 0.15) is 44.1 Å². The maximum absolute atomic E-state index is 12.9. The number of carbonyl (C=O) groups excluding carboxylic acids is 2. The van der Waals surface area contributed by atoms with Gasteiger partial charge in [0, 0.05) is 32.2 Å². The molecule has 2 N–H and O–H groups in total. The molecule has 2 saturated heterocycles. The van der Waals surface area contributed by atoms with Crippen LogP contribution in [0.25, 0.3) is 0 Å². The van der Waals surface area contributed by atoms with E-state index in [-0.39, 0.29) is 30.4 Å². The van der Waals surface area contributed by atoms with Crippen molar-refractivity contribution in [2.24, 2.45) is 5.92 Å². The molecule has 0 bridgehead atoms. The van der Waals surface area contributed by atoms with E-state index in [9.17, 15) is 14.4 Å². The van der Waals surface area contributed by atoms with Crippen LogP contribution in [-0.2, 0) is 9.59 Å². The zero-order chi connectivity index (χ0) is 20.1. The van der Waals surface area contributed by atoms with Crippen molar-refractivity contribution < 1.29 is 19.5 Å². The van der Waals surface area contributed by atoms with E-state index in [1.54, 1.807) is 4.90 Å². The number of rotatable bonds is 5. The molecule has 1 aromatic carbocycles. The summed E-state index contributed by atoms with van der Waals surface area (Å²) in [7, 11) is 0. The van der Waals surface area contributed by atoms with E-state index < -0.39 is 11.9 Å². The average Bonchev–Trinajstić information content (AvgIpc) is 3.21. The van der Waals surface area contributed by atoms with Crippen LogP contribution in [-0.4, -0.2) is 65.0 Å². The van der Waals surface area contributed by atoms with Gasteiger partial charge in [-0.2, -0.15) is 0 Å². The Balaban J connectivity index is 1.48. The van der Waals surface area contributed by atoms with E-state index in [1.165, 1.54) is 0 Å². The normalized spacial score (nSPS) is 21.4. The molecule has 7 nitrogen and oxygen atoms in total. The predicted octanol–water partition coefficient (Wildman–Crippen LogP) is 2.29. The minimum atomic E-state index is -0.842. The number of amides is 3. The van der Waals surface area contributed by atoms with Crippen LogP contribution in [0.2, 0.25) is 0 Å². The summed E-state index contributed by atoms with van der Waals surface area (Å²) in [6, 6.07) is 9.70. The summed E-state index contributed by atoms with van der Waals surface area (Å²) in [6.07, 6.45) is 2.71. The number of carbonyl (C=O) groups is 3. The van der Waals surface area contributed by atoms with Gasteiger partial charge in [-0.05, 0) is 31.2 Å². The first-order chi connectivity index (χ1) is 13.5. The molecule has 0 saturated carbocycles. The Labute approximate surface area is 165 Å². The Kier molecular flexibility index (Phi) is 6.54. The van der Waals surface area contributed by atoms with Gasteiger partial charge in [-0.1, -0.05) is 37.3 Å². The first-order valence-corrected chi connectivity index (χ1v) is 10.1. The molecule has 2 atom stereocenters. The van der Waals surface area contributed by atoms with Gasteiger partial charge in [-0.25, -0.2) is 4.79 Å². The summed E-state index contributed by atoms with van der Waals surface area (Å²) in [4.78, 5) is 39.9. The van der Waals surface area contributed by atoms with Crippen LogP contribution in [0.3, 0.4) is 0 Å². The molecular formula is C21H29N3O4. The SMILES string of the molecule is CCC(C(=O)N1CCC(NC(=O)N2CCC(C(=O)O)C2)CC1)c1ccccc1. The van der Waals surface area contributed by atoms with Crippen LogP contribution in [0.5, 0.6) is 0 Å². The van der Waals surface area contributed by atoms with Crippen molar-refractivity contribution in [2.45, 2.75) is 44.6 Å². The van der Waals surface area contributed by atoms with Gasteiger partial charge >= 0.3 is 12.0 Å². The van der Waals surface area contributed by atoms with Crippen molar-refractivity contribution in [3.63, 3.8) is 0 Å². The van der Waals surface area contributed by atoms with E-state index in [2.05, 4.69) is 5.32 Å². The van der Waals surface area contributed by atoms with Gasteiger partial charge in [0.1, 0.15) is 0 Å². The molecule has 3 rings (SSSR count). The smallest absolute Gasteiger partial charge is 0.317 e. The highest BCUT2D eigenvalue weighted by Crippen LogP contribution is 2.24. The lowest BCUT2D eigenvalue weighted by Gasteiger charge is -2.35. The molecule has 28 heavy (non-hydrogen) atoms. The highest BCUT2D eigenvalue weighted by Gasteiger charge is 2.33. The number of carboxylic acid groups (broad SMARTS) is 1. The molecule has 3 amide bonds. The molecule has 2 heterocycles. The molecule has 1 aromatic rings. The predicted molar refractivity (Wildman–Crippen MR) is 105 cm³/mol. The van der Waals surface area contributed by atoms with E-state index in [0.29, 0.717) is 26.1 Å². The maximum atomic E-state index is 12.9. The molecule has 7 heteroatoms. The number of carboxylic acids is 1. The molecule has 0 aliphatic carbocycles. The van der Waals surface area contributed by atoms with Crippen LogP contribution in [0.15, 0.2) is 30.3 Å². The molecule has 0 spiro atoms. The van der Waals surface area contributed by atoms with E-state index in [4.69, 9.17) is 5.11 Å². The molecule has 2 unspecified atom stereocenters. The van der Waals surface area contributed by atoms with Gasteiger partial charge in [-0.15, -0.1) is 0 Å². The topological polar surface area (TPSA) is 90.0 Å². The van der Waals surface area contributed by atoms with Gasteiger partial charge < -0.3 is 20.2 Å². The lowest BCUT2D eigenvalue weighted by atomic mass is 9.93. The second-order valence-electron chi connectivity index (χ2n) is 7.69. The van der Waals surface area contributed by atoms with Crippen LogP contribution in [0, 0.1) is 5.92 Å². The summed E-state index contributed by atoms with van der Waals surface area (Å²) in [5, 5.41) is 12.1. The summed E-state index contributed by atoms with van der Waals surface area (Å²) in [5.74, 6) is -1.27. The number of nitrogens with one attached hydrogen (secondary N) is 1. The molecule has 2 fully saturated rings. The van der Waals surface area contributed by atoms with Crippen LogP contribution < -0.4 is 5.32 Å². The third-order valence-electron chi connectivity index (χ3n) is 5.87. The standard InChI is InChI=1S/C21H29N3O4/c1-2-18(15-6-4-3-5-7-15)19(25)23-12-9-17(10-13-23)22-21(28)24-11-8-16(14-24)20(26)27/h3-7,16-18H,2,8-14H2,1H3,(H,22,28)(H,26,27). The number of urea groups is 1. The average molecular weight is 387 g/mol. The third-order valence-corrected chi connectivity index (χ3v) is 5.87. The summed E-state index contributed by atoms with van der Waals surface area (Å²) in [5.41, 5.74) is 1.05. The monoisotopic (exact) mass is 387 g/mol. The lowest BCUT2D eigenvalue weighted by Crippen LogP contribution is -2.50. The highest BCUT2D eigenvalue weighted by molar-refractivity contribution is 5.84. The first kappa shape index (κ1) is 20.2. The quantitative estimate of drug-likeness (QED) is 0.811. The summed E-state index contributed by atoms with van der Waals surface area (Å²) >= 11 is 0. The van der Waals surface area contributed by atoms with E-state index >= 15 is 0 Å². The fourth-order valence-corrected chi connectivity index (χ4v) is 4.12. The number of piperidine rings is 1. The Morgan fingerprint density at radius 2 is 1.71 bits per heavy atom. The Morgan fingerprint density at radius 3 is 2.29 bits per heavy atom. The second-order valence-corrected chi connectivity index (χ2v) is 7.69. The number of aliphatic carboxylic acids is 1. The minimum Gasteiger partial charge on any atom is -0.481 e. The van der Waals surface area contributed by atoms with Crippen molar-refractivity contribution >= 4 is 17.9 Å². The fourth-order valence-electron chi connectivity index (χ4n) is 4.12. The summed E-state index contributed by atoms with van der Waals surface area (Å²) < 4.78 is 0. The maximum Gasteiger partial charge on any atom is 0.317 e. The summed E-state index contributed by atoms with van der Waals surface area (Å²) in [6.45, 7) is 4.04. The molecule has 2 aliphatic rings. The Bertz CT molecular complexity index is 701. The lowest BCUT2D eigenvalue weighted by molar-refractivity contribution is -0.141. The van der Waals surface area contributed by atoms with Crippen LogP contribution >= 0.6 is 0 Å². The Hall–Kier alpha value is -2.57. The van der Waals surface area contributed by atoms with Crippen molar-refractivity contribution in [3.05, 3.63) is 35.9 Å². The molecule has 0 aromatic heterocycles. The number of hydrogen-bond acceptors (Lipinski definition) is 3. The van der Waals surface area contributed by atoms with Gasteiger partial charge in [-0.3, -0.25) is 9.59 Å². The van der Waals surface area contributed by atoms with Gasteiger partial charge in [0.2, 0.25) is 5.91 Å². The van der Waals surface area contributed by atoms with Gasteiger partial charge in [0.15, 0.2) is 0 Å². The first-order valence-electron chi connectivity index (χ1n) is 10.1. The van der Waals surface area contributed by atoms with Crippen molar-refractivity contribution in [2.75, 3.05) is 26.2 Å². The van der Waals surface area contributed by atoms with E-state index in [1.807, 2.05) is 42.2 Å². The zero-order valence-electron chi connectivity index (χ0n) is 16.3. The molecular weight excluding hydrogens is 358 g/mol. The zero-order valence-corrected chi connectivity index (χ0v) is 16.3. The number of nitrogens with zero attached hydrogens (tertiary/aromatic N) is 2. The highest BCUT2D eigenvalue weighted by atomic mass is 16.4. The van der Waals surface area contributed by atoms with E-state index in [0.717, 1.165) is 24.8 Å². The number of likely N-dealkylation sites (tertiary alicyclic amines) is 2. The minimum absolute atomic E-state index is 0.0252. The second kappa shape index (κ2) is 9.08. The van der Waals surface area contributed by atoms with Crippen LogP contribution in [0.4, 0.5) is 4.79 Å². The van der Waals surface area contributed by atoms with Crippen molar-refractivity contribution in [1.29, 1.82) is 0 Å². The molecule has 0 radical (unpaired) electrons. The number of benzene rings is 1. The Morgan fingerprint density at radius 1 is 1.07 bits per heavy atom. The largest absolute Gasteiger partial charge is 0.481 e. The molecule has 2 aliphatic heterocycles. The van der Waals surface area contributed by atoms with Crippen molar-refractivity contribution in [1.82, 2.24) is 15.1 Å². The fraction of sp³-hybridized carbons (Fsp3) is 0.571. The van der Waals surface area contributed by atoms with Gasteiger partial charge in [0.25, 0.3) is 0 Å². The third kappa shape index (κ3) is 4.64. The number of hydrogen-bond donors (Lipinski definition) is 2. The molecule has 152 valence electrons. The van der Waals surface area contributed by atoms with Gasteiger partial charge in [0.05, 0.1) is 11.8 Å². The van der Waals surface area contributed by atoms with Crippen molar-refractivity contribution in [3.8, 4) is 0 Å².